The number of pyridine rings is 1. The van der Waals surface area contributed by atoms with Crippen LogP contribution in [0.3, 0.4) is 0 Å². The van der Waals surface area contributed by atoms with E-state index in [1.165, 1.54) is 38.5 Å². The quantitative estimate of drug-likeness (QED) is 0.568. The number of benzene rings is 1. The van der Waals surface area contributed by atoms with Crippen molar-refractivity contribution in [2.45, 2.75) is 77.4 Å². The highest BCUT2D eigenvalue weighted by Gasteiger charge is 2.37. The first-order valence-corrected chi connectivity index (χ1v) is 13.1. The maximum atomic E-state index is 11.4. The van der Waals surface area contributed by atoms with Crippen LogP contribution in [0.15, 0.2) is 30.3 Å². The van der Waals surface area contributed by atoms with Gasteiger partial charge in [0.2, 0.25) is 0 Å². The van der Waals surface area contributed by atoms with Gasteiger partial charge >= 0.3 is 5.97 Å². The van der Waals surface area contributed by atoms with Gasteiger partial charge in [0, 0.05) is 25.0 Å². The molecule has 0 spiro atoms. The average molecular weight is 451 g/mol. The molecule has 178 valence electrons. The zero-order chi connectivity index (χ0) is 22.8. The highest BCUT2D eigenvalue weighted by atomic mass is 16.5. The van der Waals surface area contributed by atoms with Crippen molar-refractivity contribution in [1.29, 1.82) is 0 Å². The van der Waals surface area contributed by atoms with Gasteiger partial charge in [-0.05, 0) is 80.5 Å². The number of rotatable bonds is 7. The topological polar surface area (TPSA) is 62.7 Å². The summed E-state index contributed by atoms with van der Waals surface area (Å²) in [6, 6.07) is 10.7. The van der Waals surface area contributed by atoms with Crippen LogP contribution in [0.4, 0.5) is 0 Å². The first kappa shape index (κ1) is 22.6. The van der Waals surface area contributed by atoms with Crippen molar-refractivity contribution in [3.05, 3.63) is 36.0 Å². The first-order valence-electron chi connectivity index (χ1n) is 13.1. The first-order chi connectivity index (χ1) is 16.1. The maximum Gasteiger partial charge on any atom is 0.306 e. The molecule has 4 atom stereocenters. The number of hydrogen-bond donors (Lipinski definition) is 1. The number of carboxylic acids is 1. The zero-order valence-electron chi connectivity index (χ0n) is 19.9. The van der Waals surface area contributed by atoms with Crippen LogP contribution in [-0.2, 0) is 11.3 Å². The van der Waals surface area contributed by atoms with Gasteiger partial charge in [-0.3, -0.25) is 14.7 Å². The summed E-state index contributed by atoms with van der Waals surface area (Å²) in [7, 11) is 0. The predicted molar refractivity (Wildman–Crippen MR) is 130 cm³/mol. The average Bonchev–Trinajstić information content (AvgIpc) is 2.81. The predicted octanol–water partition coefficient (Wildman–Crippen LogP) is 5.91. The van der Waals surface area contributed by atoms with E-state index >= 15 is 0 Å². The van der Waals surface area contributed by atoms with Crippen molar-refractivity contribution in [2.75, 3.05) is 13.1 Å². The molecule has 0 radical (unpaired) electrons. The van der Waals surface area contributed by atoms with Crippen LogP contribution in [-0.4, -0.2) is 40.2 Å². The van der Waals surface area contributed by atoms with Gasteiger partial charge in [0.15, 0.2) is 0 Å². The van der Waals surface area contributed by atoms with E-state index in [4.69, 9.17) is 9.72 Å². The van der Waals surface area contributed by atoms with Gasteiger partial charge in [-0.2, -0.15) is 0 Å². The molecule has 5 nitrogen and oxygen atoms in total. The second-order valence-corrected chi connectivity index (χ2v) is 10.7. The van der Waals surface area contributed by atoms with Crippen LogP contribution in [0, 0.1) is 23.7 Å². The zero-order valence-corrected chi connectivity index (χ0v) is 19.9. The van der Waals surface area contributed by atoms with Crippen molar-refractivity contribution >= 4 is 16.9 Å². The summed E-state index contributed by atoms with van der Waals surface area (Å²) in [5, 5.41) is 10.5. The fourth-order valence-electron chi connectivity index (χ4n) is 6.42. The molecule has 0 amide bonds. The number of ether oxygens (including phenoxy) is 1. The molecule has 1 aromatic carbocycles. The Balaban J connectivity index is 1.16. The van der Waals surface area contributed by atoms with E-state index in [1.54, 1.807) is 0 Å². The largest absolute Gasteiger partial charge is 0.490 e. The number of likely N-dealkylation sites (tertiary alicyclic amines) is 1. The lowest BCUT2D eigenvalue weighted by Crippen LogP contribution is -2.50. The Kier molecular flexibility index (Phi) is 6.86. The SMILES string of the molecule is CC[C@H]1CCCC[C@H]1Oc1ccc2nc(CN3CC(C4CCCC(C(=O)O)C4)C3)ccc2c1. The number of carbonyl (C=O) groups is 1. The van der Waals surface area contributed by atoms with Crippen molar-refractivity contribution < 1.29 is 14.6 Å². The number of fused-ring (bicyclic) bond motifs is 1. The van der Waals surface area contributed by atoms with Crippen molar-refractivity contribution in [3.63, 3.8) is 0 Å². The molecule has 2 aliphatic carbocycles. The number of aromatic nitrogens is 1. The molecule has 1 aliphatic heterocycles. The molecule has 2 aromatic rings. The molecule has 3 fully saturated rings. The molecular formula is C28H38N2O3. The number of aliphatic carboxylic acids is 1. The van der Waals surface area contributed by atoms with Gasteiger partial charge in [-0.1, -0.05) is 32.3 Å². The minimum absolute atomic E-state index is 0.125. The van der Waals surface area contributed by atoms with E-state index in [1.807, 2.05) is 0 Å². The van der Waals surface area contributed by atoms with Gasteiger partial charge in [-0.25, -0.2) is 0 Å². The molecule has 33 heavy (non-hydrogen) atoms. The highest BCUT2D eigenvalue weighted by molar-refractivity contribution is 5.80. The fourth-order valence-corrected chi connectivity index (χ4v) is 6.42. The van der Waals surface area contributed by atoms with E-state index in [9.17, 15) is 9.90 Å². The summed E-state index contributed by atoms with van der Waals surface area (Å²) in [4.78, 5) is 18.7. The summed E-state index contributed by atoms with van der Waals surface area (Å²) in [6.07, 6.45) is 10.6. The van der Waals surface area contributed by atoms with Crippen molar-refractivity contribution in [3.8, 4) is 5.75 Å². The van der Waals surface area contributed by atoms with Crippen LogP contribution >= 0.6 is 0 Å². The van der Waals surface area contributed by atoms with E-state index in [0.717, 1.165) is 61.2 Å². The summed E-state index contributed by atoms with van der Waals surface area (Å²) < 4.78 is 6.41. The van der Waals surface area contributed by atoms with Crippen LogP contribution < -0.4 is 4.74 Å². The lowest BCUT2D eigenvalue weighted by atomic mass is 9.72. The molecule has 5 heteroatoms. The van der Waals surface area contributed by atoms with Gasteiger partial charge in [-0.15, -0.1) is 0 Å². The van der Waals surface area contributed by atoms with Gasteiger partial charge in [0.05, 0.1) is 17.1 Å². The molecule has 2 saturated carbocycles. The maximum absolute atomic E-state index is 11.4. The Bertz CT molecular complexity index is 971. The molecular weight excluding hydrogens is 412 g/mol. The molecule has 1 N–H and O–H groups in total. The molecule has 3 aliphatic rings. The third-order valence-corrected chi connectivity index (χ3v) is 8.47. The molecule has 1 saturated heterocycles. The van der Waals surface area contributed by atoms with Crippen molar-refractivity contribution in [1.82, 2.24) is 9.88 Å². The molecule has 2 heterocycles. The van der Waals surface area contributed by atoms with Crippen LogP contribution in [0.2, 0.25) is 0 Å². The summed E-state index contributed by atoms with van der Waals surface area (Å²) in [5.41, 5.74) is 2.14. The van der Waals surface area contributed by atoms with E-state index in [2.05, 4.69) is 42.2 Å². The standard InChI is InChI=1S/C28H38N2O3/c1-2-19-6-3-4-9-27(19)33-25-12-13-26-21(15-25)10-11-24(29-26)18-30-16-23(17-30)20-7-5-8-22(14-20)28(31)32/h10-13,15,19-20,22-23,27H,2-9,14,16-18H2,1H3,(H,31,32)/t19-,20?,22?,27+/m0/s1. The van der Waals surface area contributed by atoms with E-state index in [0.29, 0.717) is 23.9 Å². The lowest BCUT2D eigenvalue weighted by molar-refractivity contribution is -0.144. The van der Waals surface area contributed by atoms with Gasteiger partial charge < -0.3 is 9.84 Å². The molecule has 2 unspecified atom stereocenters. The third kappa shape index (κ3) is 5.18. The Morgan fingerprint density at radius 3 is 2.73 bits per heavy atom. The van der Waals surface area contributed by atoms with Gasteiger partial charge in [0.1, 0.15) is 11.9 Å². The van der Waals surface area contributed by atoms with Crippen molar-refractivity contribution in [2.24, 2.45) is 23.7 Å². The lowest BCUT2D eigenvalue weighted by Gasteiger charge is -2.45. The monoisotopic (exact) mass is 450 g/mol. The summed E-state index contributed by atoms with van der Waals surface area (Å²) in [5.74, 6) is 2.15. The molecule has 1 aromatic heterocycles. The number of carboxylic acid groups (broad SMARTS) is 1. The van der Waals surface area contributed by atoms with Crippen LogP contribution in [0.5, 0.6) is 5.75 Å². The van der Waals surface area contributed by atoms with Gasteiger partial charge in [0.25, 0.3) is 0 Å². The van der Waals surface area contributed by atoms with Crippen LogP contribution in [0.25, 0.3) is 10.9 Å². The third-order valence-electron chi connectivity index (χ3n) is 8.47. The van der Waals surface area contributed by atoms with Crippen LogP contribution in [0.1, 0.15) is 70.4 Å². The molecule has 0 bridgehead atoms. The normalized spacial score (nSPS) is 29.0. The minimum atomic E-state index is -0.603. The van der Waals surface area contributed by atoms with E-state index < -0.39 is 5.97 Å². The minimum Gasteiger partial charge on any atom is -0.490 e. The Morgan fingerprint density at radius 1 is 1.06 bits per heavy atom. The fraction of sp³-hybridized carbons (Fsp3) is 0.643. The smallest absolute Gasteiger partial charge is 0.306 e. The summed E-state index contributed by atoms with van der Waals surface area (Å²) in [6.45, 7) is 5.30. The summed E-state index contributed by atoms with van der Waals surface area (Å²) >= 11 is 0. The second-order valence-electron chi connectivity index (χ2n) is 10.7. The number of nitrogens with zero attached hydrogens (tertiary/aromatic N) is 2. The number of hydrogen-bond acceptors (Lipinski definition) is 4. The van der Waals surface area contributed by atoms with E-state index in [-0.39, 0.29) is 5.92 Å². The highest BCUT2D eigenvalue weighted by Crippen LogP contribution is 2.38. The molecule has 5 rings (SSSR count). The Morgan fingerprint density at radius 2 is 1.91 bits per heavy atom. The Hall–Kier alpha value is -2.14. The Labute approximate surface area is 197 Å². The second kappa shape index (κ2) is 10.0.